The summed E-state index contributed by atoms with van der Waals surface area (Å²) in [5.41, 5.74) is 4.00. The van der Waals surface area contributed by atoms with E-state index in [2.05, 4.69) is 15.3 Å². The van der Waals surface area contributed by atoms with Gasteiger partial charge in [-0.2, -0.15) is 0 Å². The van der Waals surface area contributed by atoms with E-state index in [0.717, 1.165) is 22.3 Å². The Labute approximate surface area is 135 Å². The molecule has 4 aromatic rings. The molecule has 4 rings (SSSR count). The molecular formula is C15H8Cl2N4O. The molecule has 0 amide bonds. The maximum Gasteiger partial charge on any atom is 0.171 e. The van der Waals surface area contributed by atoms with Crippen LogP contribution in [0, 0.1) is 0 Å². The average molecular weight is 331 g/mol. The second kappa shape index (κ2) is 5.12. The maximum atomic E-state index is 6.17. The minimum Gasteiger partial charge on any atom is -0.462 e. The zero-order valence-corrected chi connectivity index (χ0v) is 12.6. The van der Waals surface area contributed by atoms with Crippen molar-refractivity contribution < 1.29 is 4.42 Å². The zero-order valence-electron chi connectivity index (χ0n) is 11.1. The van der Waals surface area contributed by atoms with Gasteiger partial charge in [-0.1, -0.05) is 28.4 Å². The van der Waals surface area contributed by atoms with Crippen molar-refractivity contribution in [3.8, 4) is 16.8 Å². The lowest BCUT2D eigenvalue weighted by atomic mass is 10.0. The first-order valence-electron chi connectivity index (χ1n) is 6.43. The summed E-state index contributed by atoms with van der Waals surface area (Å²) in [6.45, 7) is 0. The third-order valence-corrected chi connectivity index (χ3v) is 3.71. The number of halogens is 2. The van der Waals surface area contributed by atoms with Crippen molar-refractivity contribution in [1.82, 2.24) is 20.0 Å². The fourth-order valence-electron chi connectivity index (χ4n) is 2.37. The standard InChI is InChI=1S/C15H8Cl2N4O/c16-9-1-2-13(21-8-14(17)19-20-21)11(7-9)10-3-5-18-12-4-6-22-15(10)12/h1-8H. The Morgan fingerprint density at radius 2 is 1.95 bits per heavy atom. The third-order valence-electron chi connectivity index (χ3n) is 3.30. The summed E-state index contributed by atoms with van der Waals surface area (Å²) in [6, 6.07) is 9.19. The molecule has 3 aromatic heterocycles. The fourth-order valence-corrected chi connectivity index (χ4v) is 2.67. The number of rotatable bonds is 2. The molecule has 1 aromatic carbocycles. The van der Waals surface area contributed by atoms with E-state index in [1.165, 1.54) is 0 Å². The van der Waals surface area contributed by atoms with E-state index < -0.39 is 0 Å². The molecule has 0 saturated carbocycles. The summed E-state index contributed by atoms with van der Waals surface area (Å²) in [6.07, 6.45) is 4.97. The van der Waals surface area contributed by atoms with Crippen molar-refractivity contribution in [2.45, 2.75) is 0 Å². The Kier molecular flexibility index (Phi) is 3.10. The van der Waals surface area contributed by atoms with Crippen molar-refractivity contribution in [3.63, 3.8) is 0 Å². The largest absolute Gasteiger partial charge is 0.462 e. The quantitative estimate of drug-likeness (QED) is 0.547. The third kappa shape index (κ3) is 2.15. The Morgan fingerprint density at radius 1 is 1.05 bits per heavy atom. The molecule has 0 saturated heterocycles. The van der Waals surface area contributed by atoms with Gasteiger partial charge < -0.3 is 4.42 Å². The molecule has 3 heterocycles. The fraction of sp³-hybridized carbons (Fsp3) is 0. The number of hydrogen-bond acceptors (Lipinski definition) is 4. The summed E-state index contributed by atoms with van der Waals surface area (Å²) in [5, 5.41) is 8.76. The molecule has 0 spiro atoms. The van der Waals surface area contributed by atoms with Gasteiger partial charge in [0.25, 0.3) is 0 Å². The van der Waals surface area contributed by atoms with Gasteiger partial charge in [0.2, 0.25) is 0 Å². The average Bonchev–Trinajstić information content (AvgIpc) is 3.15. The minimum atomic E-state index is 0.318. The van der Waals surface area contributed by atoms with Crippen molar-refractivity contribution in [1.29, 1.82) is 0 Å². The van der Waals surface area contributed by atoms with E-state index in [9.17, 15) is 0 Å². The number of aromatic nitrogens is 4. The van der Waals surface area contributed by atoms with Gasteiger partial charge in [0.15, 0.2) is 10.7 Å². The van der Waals surface area contributed by atoms with Gasteiger partial charge in [-0.05, 0) is 24.3 Å². The van der Waals surface area contributed by atoms with Crippen molar-refractivity contribution in [3.05, 3.63) is 59.2 Å². The van der Waals surface area contributed by atoms with E-state index in [0.29, 0.717) is 15.8 Å². The second-order valence-electron chi connectivity index (χ2n) is 4.64. The van der Waals surface area contributed by atoms with Crippen LogP contribution in [-0.4, -0.2) is 20.0 Å². The van der Waals surface area contributed by atoms with Crippen molar-refractivity contribution >= 4 is 34.3 Å². The molecule has 0 N–H and O–H groups in total. The first-order valence-corrected chi connectivity index (χ1v) is 7.18. The van der Waals surface area contributed by atoms with Crippen LogP contribution in [0.1, 0.15) is 0 Å². The van der Waals surface area contributed by atoms with Gasteiger partial charge in [0, 0.05) is 28.4 Å². The lowest BCUT2D eigenvalue weighted by molar-refractivity contribution is 0.616. The Balaban J connectivity index is 2.02. The lowest BCUT2D eigenvalue weighted by Crippen LogP contribution is -1.98. The molecule has 0 aliphatic carbocycles. The highest BCUT2D eigenvalue weighted by atomic mass is 35.5. The molecule has 0 radical (unpaired) electrons. The number of benzene rings is 1. The number of furan rings is 1. The number of fused-ring (bicyclic) bond motifs is 1. The topological polar surface area (TPSA) is 56.7 Å². The molecule has 0 aliphatic rings. The molecule has 0 aliphatic heterocycles. The van der Waals surface area contributed by atoms with E-state index in [1.807, 2.05) is 24.3 Å². The van der Waals surface area contributed by atoms with Crippen LogP contribution in [0.15, 0.2) is 53.4 Å². The van der Waals surface area contributed by atoms with E-state index >= 15 is 0 Å². The molecule has 0 bridgehead atoms. The molecule has 22 heavy (non-hydrogen) atoms. The molecule has 108 valence electrons. The van der Waals surface area contributed by atoms with Crippen LogP contribution < -0.4 is 0 Å². The summed E-state index contributed by atoms with van der Waals surface area (Å²) in [5.74, 6) is 0. The summed E-state index contributed by atoms with van der Waals surface area (Å²) < 4.78 is 7.16. The molecule has 0 unspecified atom stereocenters. The van der Waals surface area contributed by atoms with Crippen LogP contribution in [-0.2, 0) is 0 Å². The Hall–Kier alpha value is -2.37. The van der Waals surface area contributed by atoms with E-state index in [4.69, 9.17) is 27.6 Å². The van der Waals surface area contributed by atoms with Gasteiger partial charge in [-0.3, -0.25) is 4.98 Å². The SMILES string of the molecule is Clc1ccc(-n2cc(Cl)nn2)c(-c2ccnc3ccoc23)c1. The zero-order chi connectivity index (χ0) is 15.1. The molecule has 5 nitrogen and oxygen atoms in total. The van der Waals surface area contributed by atoms with Crippen LogP contribution >= 0.6 is 23.2 Å². The first-order chi connectivity index (χ1) is 10.7. The van der Waals surface area contributed by atoms with Crippen molar-refractivity contribution in [2.24, 2.45) is 0 Å². The highest BCUT2D eigenvalue weighted by Crippen LogP contribution is 2.34. The van der Waals surface area contributed by atoms with Gasteiger partial charge in [0.05, 0.1) is 18.1 Å². The molecule has 7 heteroatoms. The van der Waals surface area contributed by atoms with Crippen LogP contribution in [0.3, 0.4) is 0 Å². The van der Waals surface area contributed by atoms with Crippen molar-refractivity contribution in [2.75, 3.05) is 0 Å². The molecule has 0 atom stereocenters. The minimum absolute atomic E-state index is 0.318. The molecular weight excluding hydrogens is 323 g/mol. The van der Waals surface area contributed by atoms with Gasteiger partial charge >= 0.3 is 0 Å². The number of nitrogens with zero attached hydrogens (tertiary/aromatic N) is 4. The predicted octanol–water partition coefficient (Wildman–Crippen LogP) is 4.38. The first kappa shape index (κ1) is 13.3. The lowest BCUT2D eigenvalue weighted by Gasteiger charge is -2.10. The highest BCUT2D eigenvalue weighted by Gasteiger charge is 2.14. The predicted molar refractivity (Wildman–Crippen MR) is 84.4 cm³/mol. The monoisotopic (exact) mass is 330 g/mol. The van der Waals surface area contributed by atoms with E-state index in [-0.39, 0.29) is 0 Å². The summed E-state index contributed by atoms with van der Waals surface area (Å²) in [4.78, 5) is 4.27. The number of hydrogen-bond donors (Lipinski definition) is 0. The van der Waals surface area contributed by atoms with E-state index in [1.54, 1.807) is 29.4 Å². The normalized spacial score (nSPS) is 11.2. The smallest absolute Gasteiger partial charge is 0.171 e. The van der Waals surface area contributed by atoms with Crippen LogP contribution in [0.25, 0.3) is 27.9 Å². The summed E-state index contributed by atoms with van der Waals surface area (Å²) >= 11 is 12.0. The van der Waals surface area contributed by atoms with Gasteiger partial charge in [-0.15, -0.1) is 5.10 Å². The highest BCUT2D eigenvalue weighted by molar-refractivity contribution is 6.31. The maximum absolute atomic E-state index is 6.17. The Morgan fingerprint density at radius 3 is 2.77 bits per heavy atom. The van der Waals surface area contributed by atoms with Crippen LogP contribution in [0.4, 0.5) is 0 Å². The van der Waals surface area contributed by atoms with Gasteiger partial charge in [-0.25, -0.2) is 4.68 Å². The number of pyridine rings is 1. The molecule has 0 fully saturated rings. The Bertz CT molecular complexity index is 977. The second-order valence-corrected chi connectivity index (χ2v) is 5.46. The summed E-state index contributed by atoms with van der Waals surface area (Å²) in [7, 11) is 0. The van der Waals surface area contributed by atoms with Crippen LogP contribution in [0.2, 0.25) is 10.2 Å². The van der Waals surface area contributed by atoms with Crippen LogP contribution in [0.5, 0.6) is 0 Å². The van der Waals surface area contributed by atoms with Gasteiger partial charge in [0.1, 0.15) is 5.52 Å².